The van der Waals surface area contributed by atoms with Crippen molar-refractivity contribution in [3.63, 3.8) is 0 Å². The molecule has 0 aliphatic rings. The van der Waals surface area contributed by atoms with E-state index in [4.69, 9.17) is 59.8 Å². The van der Waals surface area contributed by atoms with Crippen LogP contribution in [-0.4, -0.2) is 143 Å². The molecule has 0 aliphatic heterocycles. The summed E-state index contributed by atoms with van der Waals surface area (Å²) in [7, 11) is 8.67. The first-order valence-corrected chi connectivity index (χ1v) is 15.9. The van der Waals surface area contributed by atoms with Crippen molar-refractivity contribution in [1.29, 1.82) is 5.26 Å². The number of hydrogen-bond donors (Lipinski definition) is 8. The molecule has 0 radical (unpaired) electrons. The van der Waals surface area contributed by atoms with Gasteiger partial charge in [-0.15, -0.1) is 0 Å². The van der Waals surface area contributed by atoms with Crippen molar-refractivity contribution in [1.82, 2.24) is 4.90 Å². The van der Waals surface area contributed by atoms with E-state index in [1.807, 2.05) is 30.3 Å². The van der Waals surface area contributed by atoms with Crippen LogP contribution >= 0.6 is 0 Å². The molecule has 53 heavy (non-hydrogen) atoms. The molecule has 5 atom stereocenters. The topological polar surface area (TPSA) is 294 Å². The minimum absolute atomic E-state index is 0.165. The second-order valence-corrected chi connectivity index (χ2v) is 11.8. The summed E-state index contributed by atoms with van der Waals surface area (Å²) in [5, 5.41) is 75.3. The van der Waals surface area contributed by atoms with Gasteiger partial charge in [-0.05, 0) is 74.2 Å². The lowest BCUT2D eigenvalue weighted by Crippen LogP contribution is -2.39. The zero-order chi connectivity index (χ0) is 41.1. The standard InChI is InChI=1S/C27H38N2O4.2C4H6O6/c1-20(2)27(19-28,22-10-12-24(31-5)26(18-22)33-7)14-8-15-29(3)16-13-21-9-11-23(30-4)25(17-21)32-6;2*5-1(3(7)8)2(6)4(9)10/h9-12,17-18,20H,8,13-16H2,1-7H3;2*1-2,5-6H,(H,7,8)(H,9,10)/t27-;;/m1../s1. The maximum Gasteiger partial charge on any atom is 0.335 e. The third-order valence-electron chi connectivity index (χ3n) is 8.04. The molecule has 0 saturated carbocycles. The fourth-order valence-corrected chi connectivity index (χ4v) is 4.77. The van der Waals surface area contributed by atoms with E-state index in [1.165, 1.54) is 5.56 Å². The largest absolute Gasteiger partial charge is 0.493 e. The fraction of sp³-hybridized carbons (Fsp3) is 0.514. The number of carboxylic acid groups (broad SMARTS) is 4. The molecule has 4 unspecified atom stereocenters. The molecular weight excluding hydrogens is 704 g/mol. The zero-order valence-electron chi connectivity index (χ0n) is 30.6. The molecular formula is C35H50N2O16. The van der Waals surface area contributed by atoms with Crippen molar-refractivity contribution in [3.8, 4) is 29.1 Å². The average molecular weight is 755 g/mol. The van der Waals surface area contributed by atoms with Gasteiger partial charge in [0.25, 0.3) is 0 Å². The van der Waals surface area contributed by atoms with Crippen LogP contribution in [0.25, 0.3) is 0 Å². The van der Waals surface area contributed by atoms with E-state index in [2.05, 4.69) is 37.9 Å². The van der Waals surface area contributed by atoms with Crippen LogP contribution in [0.2, 0.25) is 0 Å². The quantitative estimate of drug-likeness (QED) is 0.0986. The summed E-state index contributed by atoms with van der Waals surface area (Å²) in [5.74, 6) is -4.09. The molecule has 2 aromatic rings. The van der Waals surface area contributed by atoms with Gasteiger partial charge in [0.2, 0.25) is 0 Å². The second kappa shape index (κ2) is 23.4. The van der Waals surface area contributed by atoms with E-state index < -0.39 is 53.7 Å². The number of nitriles is 1. The smallest absolute Gasteiger partial charge is 0.335 e. The Bertz CT molecular complexity index is 1460. The Labute approximate surface area is 307 Å². The summed E-state index contributed by atoms with van der Waals surface area (Å²) in [5.41, 5.74) is 1.60. The summed E-state index contributed by atoms with van der Waals surface area (Å²) in [6.07, 6.45) is -6.45. The Morgan fingerprint density at radius 1 is 0.679 bits per heavy atom. The van der Waals surface area contributed by atoms with Crippen LogP contribution in [0.5, 0.6) is 23.0 Å². The molecule has 0 fully saturated rings. The molecule has 0 heterocycles. The van der Waals surface area contributed by atoms with E-state index >= 15 is 0 Å². The summed E-state index contributed by atoms with van der Waals surface area (Å²) < 4.78 is 21.6. The van der Waals surface area contributed by atoms with Crippen LogP contribution < -0.4 is 18.9 Å². The maximum atomic E-state index is 10.2. The fourth-order valence-electron chi connectivity index (χ4n) is 4.77. The Hall–Kier alpha value is -5.19. The summed E-state index contributed by atoms with van der Waals surface area (Å²) in [6.45, 7) is 6.06. The highest BCUT2D eigenvalue weighted by atomic mass is 16.5. The number of methoxy groups -OCH3 is 4. The second-order valence-electron chi connectivity index (χ2n) is 11.8. The van der Waals surface area contributed by atoms with Gasteiger partial charge in [0, 0.05) is 6.54 Å². The van der Waals surface area contributed by atoms with Crippen molar-refractivity contribution < 1.29 is 79.0 Å². The highest BCUT2D eigenvalue weighted by Gasteiger charge is 2.36. The zero-order valence-corrected chi connectivity index (χ0v) is 30.6. The molecule has 2 aromatic carbocycles. The van der Waals surface area contributed by atoms with Crippen LogP contribution in [0.1, 0.15) is 37.8 Å². The first kappa shape index (κ1) is 47.8. The maximum absolute atomic E-state index is 10.2. The van der Waals surface area contributed by atoms with Crippen LogP contribution in [-0.2, 0) is 31.0 Å². The summed E-state index contributed by atoms with van der Waals surface area (Å²) >= 11 is 0. The number of aliphatic hydroxyl groups excluding tert-OH is 4. The van der Waals surface area contributed by atoms with Gasteiger partial charge in [0.15, 0.2) is 47.4 Å². The highest BCUT2D eigenvalue weighted by Crippen LogP contribution is 2.40. The van der Waals surface area contributed by atoms with Gasteiger partial charge in [-0.2, -0.15) is 5.26 Å². The Kier molecular flexibility index (Phi) is 21.1. The normalized spacial score (nSPS) is 14.0. The van der Waals surface area contributed by atoms with Gasteiger partial charge in [-0.1, -0.05) is 26.0 Å². The number of likely N-dealkylation sites (N-methyl/N-ethyl adjacent to an activating group) is 1. The molecule has 18 heteroatoms. The van der Waals surface area contributed by atoms with Crippen molar-refractivity contribution in [2.75, 3.05) is 48.6 Å². The van der Waals surface area contributed by atoms with Crippen LogP contribution in [0.3, 0.4) is 0 Å². The molecule has 0 saturated heterocycles. The number of hydrogen-bond acceptors (Lipinski definition) is 14. The number of rotatable bonds is 19. The van der Waals surface area contributed by atoms with E-state index in [1.54, 1.807) is 28.4 Å². The van der Waals surface area contributed by atoms with Gasteiger partial charge in [0.05, 0.1) is 39.9 Å². The van der Waals surface area contributed by atoms with Crippen LogP contribution in [0.4, 0.5) is 0 Å². The van der Waals surface area contributed by atoms with E-state index in [-0.39, 0.29) is 5.92 Å². The van der Waals surface area contributed by atoms with Crippen LogP contribution in [0, 0.1) is 17.2 Å². The number of carboxylic acids is 4. The first-order chi connectivity index (χ1) is 24.8. The van der Waals surface area contributed by atoms with Gasteiger partial charge in [-0.3, -0.25) is 0 Å². The van der Waals surface area contributed by atoms with Gasteiger partial charge < -0.3 is 64.7 Å². The molecule has 0 amide bonds. The summed E-state index contributed by atoms with van der Waals surface area (Å²) in [6, 6.07) is 14.5. The Morgan fingerprint density at radius 3 is 1.43 bits per heavy atom. The molecule has 0 spiro atoms. The third kappa shape index (κ3) is 14.8. The molecule has 0 bridgehead atoms. The third-order valence-corrected chi connectivity index (χ3v) is 8.04. The lowest BCUT2D eigenvalue weighted by atomic mass is 9.69. The number of aliphatic hydroxyl groups is 4. The van der Waals surface area contributed by atoms with Crippen molar-refractivity contribution >= 4 is 23.9 Å². The van der Waals surface area contributed by atoms with Gasteiger partial charge in [-0.25, -0.2) is 19.2 Å². The monoisotopic (exact) mass is 754 g/mol. The summed E-state index contributed by atoms with van der Waals surface area (Å²) in [4.78, 5) is 41.4. The molecule has 296 valence electrons. The predicted octanol–water partition coefficient (Wildman–Crippen LogP) is 0.848. The SMILES string of the molecule is COc1ccc(CCN(C)CCC[C@](C#N)(c2ccc(OC)c(OC)c2)C(C)C)cc1OC.O=C(O)C(O)C(O)C(=O)O.O=C(O)C(O)C(O)C(=O)O. The number of aliphatic carboxylic acids is 4. The van der Waals surface area contributed by atoms with E-state index in [9.17, 15) is 24.4 Å². The number of carbonyl (C=O) groups is 4. The predicted molar refractivity (Wildman–Crippen MR) is 186 cm³/mol. The van der Waals surface area contributed by atoms with E-state index in [0.29, 0.717) is 11.5 Å². The molecule has 18 nitrogen and oxygen atoms in total. The number of benzene rings is 2. The minimum atomic E-state index is -2.27. The lowest BCUT2D eigenvalue weighted by molar-refractivity contribution is -0.165. The van der Waals surface area contributed by atoms with Crippen LogP contribution in [0.15, 0.2) is 36.4 Å². The molecule has 0 aromatic heterocycles. The Morgan fingerprint density at radius 2 is 1.08 bits per heavy atom. The highest BCUT2D eigenvalue weighted by molar-refractivity contribution is 5.83. The minimum Gasteiger partial charge on any atom is -0.493 e. The number of ether oxygens (including phenoxy) is 4. The molecule has 8 N–H and O–H groups in total. The number of nitrogens with zero attached hydrogens (tertiary/aromatic N) is 2. The van der Waals surface area contributed by atoms with Crippen molar-refractivity contribution in [2.24, 2.45) is 5.92 Å². The average Bonchev–Trinajstić information content (AvgIpc) is 3.14. The van der Waals surface area contributed by atoms with Crippen molar-refractivity contribution in [2.45, 2.75) is 62.9 Å². The van der Waals surface area contributed by atoms with Gasteiger partial charge in [0.1, 0.15) is 0 Å². The van der Waals surface area contributed by atoms with Crippen molar-refractivity contribution in [3.05, 3.63) is 47.5 Å². The molecule has 2 rings (SSSR count). The van der Waals surface area contributed by atoms with Gasteiger partial charge >= 0.3 is 23.9 Å². The lowest BCUT2D eigenvalue weighted by Gasteiger charge is -2.32. The first-order valence-electron chi connectivity index (χ1n) is 15.9. The Balaban J connectivity index is 0.00000110. The molecule has 0 aliphatic carbocycles. The van der Waals surface area contributed by atoms with E-state index in [0.717, 1.165) is 49.4 Å².